The van der Waals surface area contributed by atoms with Crippen LogP contribution in [-0.4, -0.2) is 45.8 Å². The van der Waals surface area contributed by atoms with Crippen LogP contribution in [0.15, 0.2) is 18.3 Å². The van der Waals surface area contributed by atoms with E-state index in [1.54, 1.807) is 12.1 Å². The van der Waals surface area contributed by atoms with Gasteiger partial charge in [0.05, 0.1) is 11.9 Å². The molecule has 1 unspecified atom stereocenters. The third kappa shape index (κ3) is 4.87. The zero-order valence-corrected chi connectivity index (χ0v) is 13.5. The molecule has 0 bridgehead atoms. The molecule has 0 spiro atoms. The Labute approximate surface area is 131 Å². The van der Waals surface area contributed by atoms with Crippen LogP contribution in [-0.2, 0) is 11.3 Å². The lowest BCUT2D eigenvalue weighted by Gasteiger charge is -2.28. The first-order chi connectivity index (χ1) is 10.3. The maximum Gasteiger partial charge on any atom is 0.410 e. The first-order valence-corrected chi connectivity index (χ1v) is 7.69. The van der Waals surface area contributed by atoms with Gasteiger partial charge in [0.1, 0.15) is 11.4 Å². The van der Waals surface area contributed by atoms with Crippen LogP contribution in [0.5, 0.6) is 5.75 Å². The number of likely N-dealkylation sites (tertiary alicyclic amines) is 1. The maximum absolute atomic E-state index is 12.2. The number of ether oxygens (including phenoxy) is 1. The highest BCUT2D eigenvalue weighted by atomic mass is 16.6. The summed E-state index contributed by atoms with van der Waals surface area (Å²) in [5.41, 5.74) is 0.396. The molecule has 1 fully saturated rings. The van der Waals surface area contributed by atoms with Crippen LogP contribution >= 0.6 is 0 Å². The molecule has 0 aromatic carbocycles. The molecule has 1 aromatic heterocycles. The minimum absolute atomic E-state index is 0.159. The molecule has 2 rings (SSSR count). The number of hydrogen-bond donors (Lipinski definition) is 2. The van der Waals surface area contributed by atoms with E-state index in [2.05, 4.69) is 10.3 Å². The second-order valence-electron chi connectivity index (χ2n) is 6.61. The van der Waals surface area contributed by atoms with Gasteiger partial charge in [-0.2, -0.15) is 0 Å². The molecule has 22 heavy (non-hydrogen) atoms. The van der Waals surface area contributed by atoms with Crippen molar-refractivity contribution in [3.8, 4) is 5.75 Å². The van der Waals surface area contributed by atoms with Gasteiger partial charge in [-0.3, -0.25) is 4.98 Å². The van der Waals surface area contributed by atoms with Gasteiger partial charge in [-0.15, -0.1) is 0 Å². The summed E-state index contributed by atoms with van der Waals surface area (Å²) in [6.07, 6.45) is 3.18. The molecular formula is C16H25N3O3. The molecule has 0 saturated carbocycles. The number of nitrogens with zero attached hydrogens (tertiary/aromatic N) is 2. The average molecular weight is 307 g/mol. The topological polar surface area (TPSA) is 74.7 Å². The van der Waals surface area contributed by atoms with Crippen molar-refractivity contribution in [3.63, 3.8) is 0 Å². The van der Waals surface area contributed by atoms with Crippen molar-refractivity contribution in [3.05, 3.63) is 24.0 Å². The maximum atomic E-state index is 12.2. The summed E-state index contributed by atoms with van der Waals surface area (Å²) in [6, 6.07) is 3.56. The molecular weight excluding hydrogens is 282 g/mol. The Balaban J connectivity index is 1.81. The van der Waals surface area contributed by atoms with Crippen molar-refractivity contribution in [2.75, 3.05) is 13.1 Å². The van der Waals surface area contributed by atoms with Crippen molar-refractivity contribution in [1.29, 1.82) is 0 Å². The lowest BCUT2D eigenvalue weighted by Crippen LogP contribution is -2.44. The molecule has 1 aliphatic rings. The molecule has 1 aliphatic heterocycles. The molecule has 0 radical (unpaired) electrons. The second-order valence-corrected chi connectivity index (χ2v) is 6.61. The van der Waals surface area contributed by atoms with Gasteiger partial charge < -0.3 is 20.1 Å². The zero-order valence-electron chi connectivity index (χ0n) is 13.5. The molecule has 0 aliphatic carbocycles. The normalized spacial score (nSPS) is 18.5. The predicted molar refractivity (Wildman–Crippen MR) is 83.6 cm³/mol. The van der Waals surface area contributed by atoms with Crippen molar-refractivity contribution in [1.82, 2.24) is 15.2 Å². The number of carbonyl (C=O) groups excluding carboxylic acids is 1. The zero-order chi connectivity index (χ0) is 16.2. The van der Waals surface area contributed by atoms with E-state index in [9.17, 15) is 9.90 Å². The smallest absolute Gasteiger partial charge is 0.410 e. The number of aromatic nitrogens is 1. The number of aromatic hydroxyl groups is 1. The van der Waals surface area contributed by atoms with Crippen LogP contribution in [0.4, 0.5) is 4.79 Å². The molecule has 1 atom stereocenters. The third-order valence-corrected chi connectivity index (χ3v) is 3.50. The number of rotatable bonds is 4. The van der Waals surface area contributed by atoms with Gasteiger partial charge in [0, 0.05) is 25.7 Å². The largest absolute Gasteiger partial charge is 0.506 e. The van der Waals surface area contributed by atoms with Gasteiger partial charge in [-0.05, 0) is 45.7 Å². The van der Waals surface area contributed by atoms with Gasteiger partial charge in [-0.1, -0.05) is 0 Å². The second kappa shape index (κ2) is 6.96. The van der Waals surface area contributed by atoms with E-state index < -0.39 is 5.60 Å². The fourth-order valence-corrected chi connectivity index (χ4v) is 2.50. The Bertz CT molecular complexity index is 496. The standard InChI is InChI=1S/C16H25N3O3/c1-16(2,3)22-15(21)19-8-4-5-13(19)10-17-9-12-6-7-14(20)11-18-12/h6-7,11,13,17,20H,4-5,8-10H2,1-3H3. The highest BCUT2D eigenvalue weighted by Crippen LogP contribution is 2.20. The Hall–Kier alpha value is -1.82. The Morgan fingerprint density at radius 3 is 2.91 bits per heavy atom. The number of pyridine rings is 1. The number of carbonyl (C=O) groups is 1. The van der Waals surface area contributed by atoms with Crippen LogP contribution in [0, 0.1) is 0 Å². The van der Waals surface area contributed by atoms with Crippen molar-refractivity contribution in [2.24, 2.45) is 0 Å². The van der Waals surface area contributed by atoms with Crippen LogP contribution in [0.1, 0.15) is 39.3 Å². The van der Waals surface area contributed by atoms with E-state index in [1.807, 2.05) is 25.7 Å². The number of nitrogens with one attached hydrogen (secondary N) is 1. The number of hydrogen-bond acceptors (Lipinski definition) is 5. The molecule has 1 saturated heterocycles. The lowest BCUT2D eigenvalue weighted by atomic mass is 10.2. The first kappa shape index (κ1) is 16.5. The Morgan fingerprint density at radius 2 is 2.27 bits per heavy atom. The molecule has 1 amide bonds. The van der Waals surface area contributed by atoms with Gasteiger partial charge >= 0.3 is 6.09 Å². The van der Waals surface area contributed by atoms with E-state index in [4.69, 9.17) is 4.74 Å². The monoisotopic (exact) mass is 307 g/mol. The van der Waals surface area contributed by atoms with Gasteiger partial charge in [0.15, 0.2) is 0 Å². The van der Waals surface area contributed by atoms with Crippen molar-refractivity contribution < 1.29 is 14.6 Å². The quantitative estimate of drug-likeness (QED) is 0.892. The van der Waals surface area contributed by atoms with Gasteiger partial charge in [-0.25, -0.2) is 4.79 Å². The summed E-state index contributed by atoms with van der Waals surface area (Å²) >= 11 is 0. The summed E-state index contributed by atoms with van der Waals surface area (Å²) in [5, 5.41) is 12.5. The molecule has 6 nitrogen and oxygen atoms in total. The minimum atomic E-state index is -0.465. The average Bonchev–Trinajstić information content (AvgIpc) is 2.88. The summed E-state index contributed by atoms with van der Waals surface area (Å²) in [7, 11) is 0. The van der Waals surface area contributed by atoms with Crippen LogP contribution in [0.25, 0.3) is 0 Å². The van der Waals surface area contributed by atoms with Gasteiger partial charge in [0.2, 0.25) is 0 Å². The fourth-order valence-electron chi connectivity index (χ4n) is 2.50. The highest BCUT2D eigenvalue weighted by molar-refractivity contribution is 5.69. The van der Waals surface area contributed by atoms with Gasteiger partial charge in [0.25, 0.3) is 0 Å². The van der Waals surface area contributed by atoms with Crippen molar-refractivity contribution >= 4 is 6.09 Å². The summed E-state index contributed by atoms with van der Waals surface area (Å²) in [5.74, 6) is 0.163. The predicted octanol–water partition coefficient (Wildman–Crippen LogP) is 2.28. The highest BCUT2D eigenvalue weighted by Gasteiger charge is 2.31. The molecule has 6 heteroatoms. The Kier molecular flexibility index (Phi) is 5.24. The SMILES string of the molecule is CC(C)(C)OC(=O)N1CCCC1CNCc1ccc(O)cn1. The number of amides is 1. The summed E-state index contributed by atoms with van der Waals surface area (Å²) in [4.78, 5) is 18.1. The Morgan fingerprint density at radius 1 is 1.50 bits per heavy atom. The third-order valence-electron chi connectivity index (χ3n) is 3.50. The van der Waals surface area contributed by atoms with E-state index in [1.165, 1.54) is 6.20 Å². The van der Waals surface area contributed by atoms with Crippen LogP contribution in [0.3, 0.4) is 0 Å². The van der Waals surface area contributed by atoms with Crippen LogP contribution in [0.2, 0.25) is 0 Å². The lowest BCUT2D eigenvalue weighted by molar-refractivity contribution is 0.0226. The first-order valence-electron chi connectivity index (χ1n) is 7.69. The summed E-state index contributed by atoms with van der Waals surface area (Å²) < 4.78 is 5.45. The molecule has 2 heterocycles. The van der Waals surface area contributed by atoms with E-state index >= 15 is 0 Å². The fraction of sp³-hybridized carbons (Fsp3) is 0.625. The summed E-state index contributed by atoms with van der Waals surface area (Å²) in [6.45, 7) is 7.71. The minimum Gasteiger partial charge on any atom is -0.506 e. The molecule has 1 aromatic rings. The molecule has 2 N–H and O–H groups in total. The van der Waals surface area contributed by atoms with Crippen LogP contribution < -0.4 is 5.32 Å². The van der Waals surface area contributed by atoms with Crippen molar-refractivity contribution in [2.45, 2.75) is 51.8 Å². The molecule has 122 valence electrons. The van der Waals surface area contributed by atoms with E-state index in [0.29, 0.717) is 13.1 Å². The van der Waals surface area contributed by atoms with E-state index in [0.717, 1.165) is 25.1 Å². The van der Waals surface area contributed by atoms with E-state index in [-0.39, 0.29) is 17.9 Å².